The molecule has 0 aliphatic carbocycles. The number of hydrogen-bond donors (Lipinski definition) is 0. The summed E-state index contributed by atoms with van der Waals surface area (Å²) in [5.74, 6) is 1.29. The molecule has 23 heavy (non-hydrogen) atoms. The molecule has 3 rings (SSSR count). The van der Waals surface area contributed by atoms with Crippen LogP contribution in [0, 0.1) is 19.8 Å². The third-order valence-electron chi connectivity index (χ3n) is 5.39. The van der Waals surface area contributed by atoms with Gasteiger partial charge in [0.05, 0.1) is 0 Å². The normalized spacial score (nSPS) is 18.0. The van der Waals surface area contributed by atoms with E-state index in [0.717, 1.165) is 5.92 Å². The molecular formula is C22H29N. The van der Waals surface area contributed by atoms with Crippen molar-refractivity contribution in [2.45, 2.75) is 39.5 Å². The van der Waals surface area contributed by atoms with Gasteiger partial charge in [0, 0.05) is 5.92 Å². The van der Waals surface area contributed by atoms with Crippen molar-refractivity contribution < 1.29 is 0 Å². The van der Waals surface area contributed by atoms with Gasteiger partial charge in [0.15, 0.2) is 0 Å². The summed E-state index contributed by atoms with van der Waals surface area (Å²) < 4.78 is 0. The van der Waals surface area contributed by atoms with E-state index in [-0.39, 0.29) is 0 Å². The summed E-state index contributed by atoms with van der Waals surface area (Å²) in [7, 11) is 0. The molecule has 1 nitrogen and oxygen atoms in total. The first-order valence-corrected chi connectivity index (χ1v) is 9.03. The second-order valence-corrected chi connectivity index (χ2v) is 7.07. The van der Waals surface area contributed by atoms with Gasteiger partial charge in [-0.3, -0.25) is 0 Å². The number of nitrogens with zero attached hydrogens (tertiary/aromatic N) is 1. The Morgan fingerprint density at radius 1 is 0.913 bits per heavy atom. The lowest BCUT2D eigenvalue weighted by Crippen LogP contribution is -2.35. The molecule has 1 heterocycles. The lowest BCUT2D eigenvalue weighted by atomic mass is 9.75. The monoisotopic (exact) mass is 307 g/mol. The molecule has 122 valence electrons. The summed E-state index contributed by atoms with van der Waals surface area (Å²) in [6.07, 6.45) is 2.61. The van der Waals surface area contributed by atoms with Gasteiger partial charge in [-0.15, -0.1) is 0 Å². The van der Waals surface area contributed by atoms with Crippen molar-refractivity contribution in [3.05, 3.63) is 70.8 Å². The molecule has 0 radical (unpaired) electrons. The summed E-state index contributed by atoms with van der Waals surface area (Å²) in [5, 5.41) is 0. The molecular weight excluding hydrogens is 278 g/mol. The van der Waals surface area contributed by atoms with E-state index in [9.17, 15) is 0 Å². The number of benzene rings is 2. The van der Waals surface area contributed by atoms with Gasteiger partial charge in [-0.05, 0) is 63.4 Å². The highest BCUT2D eigenvalue weighted by molar-refractivity contribution is 5.36. The maximum Gasteiger partial charge on any atom is 0.0119 e. The van der Waals surface area contributed by atoms with Gasteiger partial charge in [-0.1, -0.05) is 66.6 Å². The smallest absolute Gasteiger partial charge is 0.0119 e. The van der Waals surface area contributed by atoms with Crippen molar-refractivity contribution in [2.24, 2.45) is 5.92 Å². The van der Waals surface area contributed by atoms with Crippen LogP contribution < -0.4 is 0 Å². The Kier molecular flexibility index (Phi) is 5.17. The fraction of sp³-hybridized carbons (Fsp3) is 0.455. The topological polar surface area (TPSA) is 3.24 Å². The van der Waals surface area contributed by atoms with Crippen LogP contribution in [0.25, 0.3) is 0 Å². The zero-order chi connectivity index (χ0) is 16.2. The molecule has 1 fully saturated rings. The molecule has 0 amide bonds. The van der Waals surface area contributed by atoms with Crippen LogP contribution in [0.2, 0.25) is 0 Å². The molecule has 1 atom stereocenters. The first-order valence-electron chi connectivity index (χ1n) is 9.03. The molecule has 0 aromatic heterocycles. The van der Waals surface area contributed by atoms with Gasteiger partial charge in [-0.2, -0.15) is 0 Å². The Balaban J connectivity index is 1.92. The highest BCUT2D eigenvalue weighted by Crippen LogP contribution is 2.38. The van der Waals surface area contributed by atoms with Crippen LogP contribution in [0.4, 0.5) is 0 Å². The van der Waals surface area contributed by atoms with Crippen LogP contribution in [-0.4, -0.2) is 24.5 Å². The van der Waals surface area contributed by atoms with Crippen molar-refractivity contribution in [3.8, 4) is 0 Å². The van der Waals surface area contributed by atoms with E-state index in [2.05, 4.69) is 74.2 Å². The third kappa shape index (κ3) is 3.84. The molecule has 0 bridgehead atoms. The van der Waals surface area contributed by atoms with E-state index >= 15 is 0 Å². The fourth-order valence-electron chi connectivity index (χ4n) is 3.98. The van der Waals surface area contributed by atoms with Gasteiger partial charge < -0.3 is 4.90 Å². The lowest BCUT2D eigenvalue weighted by Gasteiger charge is -2.36. The van der Waals surface area contributed by atoms with Crippen LogP contribution in [-0.2, 0) is 0 Å². The Morgan fingerprint density at radius 3 is 2.22 bits per heavy atom. The van der Waals surface area contributed by atoms with Gasteiger partial charge in [0.25, 0.3) is 0 Å². The van der Waals surface area contributed by atoms with E-state index in [1.165, 1.54) is 54.7 Å². The molecule has 1 aliphatic rings. The first-order chi connectivity index (χ1) is 11.2. The highest BCUT2D eigenvalue weighted by Gasteiger charge is 2.28. The van der Waals surface area contributed by atoms with Crippen molar-refractivity contribution in [2.75, 3.05) is 19.6 Å². The van der Waals surface area contributed by atoms with E-state index < -0.39 is 0 Å². The number of hydrogen-bond acceptors (Lipinski definition) is 1. The number of aryl methyl sites for hydroxylation is 2. The number of rotatable bonds is 4. The minimum Gasteiger partial charge on any atom is -0.304 e. The molecule has 2 aromatic carbocycles. The zero-order valence-electron chi connectivity index (χ0n) is 14.8. The predicted octanol–water partition coefficient (Wildman–Crippen LogP) is 5.17. The molecule has 1 heteroatoms. The second kappa shape index (κ2) is 7.31. The molecule has 2 aromatic rings. The summed E-state index contributed by atoms with van der Waals surface area (Å²) in [6.45, 7) is 10.3. The third-order valence-corrected chi connectivity index (χ3v) is 5.39. The standard InChI is InChI=1S/C22H29N/c1-4-23-14-12-20(13-15-23)22(19-10-8-17(2)9-11-19)21-7-5-6-18(3)16-21/h5-11,16,20,22H,4,12-15H2,1-3H3/t22-/m0/s1. The SMILES string of the molecule is CCN1CCC([C@H](c2ccc(C)cc2)c2cccc(C)c2)CC1. The fourth-order valence-corrected chi connectivity index (χ4v) is 3.98. The summed E-state index contributed by atoms with van der Waals surface area (Å²) >= 11 is 0. The van der Waals surface area contributed by atoms with E-state index in [1.807, 2.05) is 0 Å². The van der Waals surface area contributed by atoms with Gasteiger partial charge in [-0.25, -0.2) is 0 Å². The zero-order valence-corrected chi connectivity index (χ0v) is 14.8. The van der Waals surface area contributed by atoms with E-state index in [1.54, 1.807) is 0 Å². The van der Waals surface area contributed by atoms with E-state index in [0.29, 0.717) is 5.92 Å². The summed E-state index contributed by atoms with van der Waals surface area (Å²) in [6, 6.07) is 18.3. The summed E-state index contributed by atoms with van der Waals surface area (Å²) in [4.78, 5) is 2.58. The van der Waals surface area contributed by atoms with Crippen molar-refractivity contribution in [3.63, 3.8) is 0 Å². The van der Waals surface area contributed by atoms with Crippen molar-refractivity contribution in [1.82, 2.24) is 4.90 Å². The molecule has 0 spiro atoms. The predicted molar refractivity (Wildman–Crippen MR) is 99.0 cm³/mol. The van der Waals surface area contributed by atoms with Crippen LogP contribution in [0.5, 0.6) is 0 Å². The lowest BCUT2D eigenvalue weighted by molar-refractivity contribution is 0.182. The van der Waals surface area contributed by atoms with Crippen LogP contribution >= 0.6 is 0 Å². The van der Waals surface area contributed by atoms with Crippen LogP contribution in [0.15, 0.2) is 48.5 Å². The van der Waals surface area contributed by atoms with Crippen LogP contribution in [0.3, 0.4) is 0 Å². The quantitative estimate of drug-likeness (QED) is 0.753. The number of piperidine rings is 1. The van der Waals surface area contributed by atoms with E-state index in [4.69, 9.17) is 0 Å². The van der Waals surface area contributed by atoms with Gasteiger partial charge >= 0.3 is 0 Å². The molecule has 1 saturated heterocycles. The Hall–Kier alpha value is -1.60. The minimum atomic E-state index is 0.537. The average Bonchev–Trinajstić information content (AvgIpc) is 2.58. The van der Waals surface area contributed by atoms with Crippen molar-refractivity contribution >= 4 is 0 Å². The Labute approximate surface area is 141 Å². The number of likely N-dealkylation sites (tertiary alicyclic amines) is 1. The van der Waals surface area contributed by atoms with Crippen LogP contribution in [0.1, 0.15) is 47.9 Å². The largest absolute Gasteiger partial charge is 0.304 e. The maximum absolute atomic E-state index is 2.58. The maximum atomic E-state index is 2.58. The average molecular weight is 307 g/mol. The van der Waals surface area contributed by atoms with Gasteiger partial charge in [0.2, 0.25) is 0 Å². The Morgan fingerprint density at radius 2 is 1.61 bits per heavy atom. The molecule has 1 aliphatic heterocycles. The van der Waals surface area contributed by atoms with Crippen molar-refractivity contribution in [1.29, 1.82) is 0 Å². The van der Waals surface area contributed by atoms with Gasteiger partial charge in [0.1, 0.15) is 0 Å². The summed E-state index contributed by atoms with van der Waals surface area (Å²) in [5.41, 5.74) is 5.68. The molecule has 0 saturated carbocycles. The highest BCUT2D eigenvalue weighted by atomic mass is 15.1. The molecule has 0 unspecified atom stereocenters. The molecule has 0 N–H and O–H groups in total. The minimum absolute atomic E-state index is 0.537. The second-order valence-electron chi connectivity index (χ2n) is 7.07. The first kappa shape index (κ1) is 16.3. The Bertz CT molecular complexity index is 621.